The summed E-state index contributed by atoms with van der Waals surface area (Å²) in [4.78, 5) is 25.2. The monoisotopic (exact) mass is 373 g/mol. The van der Waals surface area contributed by atoms with Gasteiger partial charge >= 0.3 is 11.9 Å². The van der Waals surface area contributed by atoms with Crippen molar-refractivity contribution >= 4 is 23.5 Å². The molecule has 0 unspecified atom stereocenters. The third-order valence-electron chi connectivity index (χ3n) is 4.86. The van der Waals surface area contributed by atoms with E-state index < -0.39 is 23.5 Å². The number of hydrogen-bond acceptors (Lipinski definition) is 5. The van der Waals surface area contributed by atoms with Gasteiger partial charge in [-0.25, -0.2) is 4.79 Å². The predicted molar refractivity (Wildman–Crippen MR) is 97.6 cm³/mol. The second-order valence-electron chi connectivity index (χ2n) is 6.27. The van der Waals surface area contributed by atoms with Gasteiger partial charge in [-0.1, -0.05) is 54.1 Å². The van der Waals surface area contributed by atoms with Crippen LogP contribution in [-0.2, 0) is 24.6 Å². The number of carbonyl (C=O) groups excluding carboxylic acids is 2. The molecule has 5 nitrogen and oxygen atoms in total. The van der Waals surface area contributed by atoms with Crippen molar-refractivity contribution in [3.8, 4) is 0 Å². The average Bonchev–Trinajstić information content (AvgIpc) is 3.10. The maximum absolute atomic E-state index is 12.8. The molecule has 3 rings (SSSR count). The lowest BCUT2D eigenvalue weighted by molar-refractivity contribution is -0.149. The van der Waals surface area contributed by atoms with Crippen molar-refractivity contribution in [2.75, 3.05) is 14.2 Å². The van der Waals surface area contributed by atoms with Gasteiger partial charge in [-0.2, -0.15) is 0 Å². The predicted octanol–water partition coefficient (Wildman–Crippen LogP) is 3.23. The summed E-state index contributed by atoms with van der Waals surface area (Å²) < 4.78 is 10.1. The summed E-state index contributed by atoms with van der Waals surface area (Å²) in [5, 5.41) is 3.95. The number of esters is 2. The molecule has 0 bridgehead atoms. The van der Waals surface area contributed by atoms with Crippen LogP contribution in [0.15, 0.2) is 54.6 Å². The lowest BCUT2D eigenvalue weighted by atomic mass is 9.84. The summed E-state index contributed by atoms with van der Waals surface area (Å²) in [5.74, 6) is -1.35. The van der Waals surface area contributed by atoms with Crippen LogP contribution in [0.4, 0.5) is 0 Å². The minimum absolute atomic E-state index is 0.240. The first-order valence-electron chi connectivity index (χ1n) is 8.27. The number of nitrogens with one attached hydrogen (secondary N) is 1. The van der Waals surface area contributed by atoms with E-state index >= 15 is 0 Å². The number of halogens is 1. The van der Waals surface area contributed by atoms with Crippen molar-refractivity contribution in [3.63, 3.8) is 0 Å². The Bertz CT molecular complexity index is 793. The summed E-state index contributed by atoms with van der Waals surface area (Å²) in [6.45, 7) is 0. The molecule has 0 saturated carbocycles. The molecular formula is C20H20ClNO4. The Balaban J connectivity index is 2.09. The van der Waals surface area contributed by atoms with Crippen LogP contribution >= 0.6 is 11.6 Å². The average molecular weight is 374 g/mol. The molecule has 0 spiro atoms. The fraction of sp³-hybridized carbons (Fsp3) is 0.300. The van der Waals surface area contributed by atoms with Crippen LogP contribution in [-0.4, -0.2) is 26.2 Å². The molecule has 1 aliphatic rings. The van der Waals surface area contributed by atoms with E-state index in [-0.39, 0.29) is 12.4 Å². The molecule has 26 heavy (non-hydrogen) atoms. The molecule has 0 amide bonds. The van der Waals surface area contributed by atoms with Gasteiger partial charge in [0.15, 0.2) is 0 Å². The molecule has 0 aromatic heterocycles. The van der Waals surface area contributed by atoms with E-state index in [1.165, 1.54) is 14.2 Å². The third kappa shape index (κ3) is 3.20. The van der Waals surface area contributed by atoms with Crippen LogP contribution in [0.25, 0.3) is 0 Å². The quantitative estimate of drug-likeness (QED) is 0.833. The van der Waals surface area contributed by atoms with Crippen LogP contribution < -0.4 is 5.32 Å². The van der Waals surface area contributed by atoms with Crippen LogP contribution in [0.5, 0.6) is 0 Å². The second kappa shape index (κ2) is 7.48. The lowest BCUT2D eigenvalue weighted by Crippen LogP contribution is -2.46. The lowest BCUT2D eigenvalue weighted by Gasteiger charge is -2.28. The van der Waals surface area contributed by atoms with Crippen LogP contribution in [0, 0.1) is 5.92 Å². The van der Waals surface area contributed by atoms with Crippen molar-refractivity contribution in [3.05, 3.63) is 70.7 Å². The zero-order valence-electron chi connectivity index (χ0n) is 14.6. The molecule has 6 heteroatoms. The molecule has 136 valence electrons. The van der Waals surface area contributed by atoms with E-state index in [0.717, 1.165) is 11.1 Å². The fourth-order valence-corrected chi connectivity index (χ4v) is 3.71. The van der Waals surface area contributed by atoms with Crippen LogP contribution in [0.1, 0.15) is 23.6 Å². The normalized spacial score (nSPS) is 24.9. The zero-order valence-corrected chi connectivity index (χ0v) is 15.3. The van der Waals surface area contributed by atoms with Gasteiger partial charge in [0, 0.05) is 11.1 Å². The first kappa shape index (κ1) is 18.4. The SMILES string of the molecule is COC(=O)[C@H]1C[C@](C(=O)OC)(c2ccccc2)N[C@H]1c1ccc(Cl)cc1. The number of rotatable bonds is 4. The summed E-state index contributed by atoms with van der Waals surface area (Å²) in [7, 11) is 2.69. The number of benzene rings is 2. The van der Waals surface area contributed by atoms with Crippen molar-refractivity contribution < 1.29 is 19.1 Å². The Morgan fingerprint density at radius 2 is 1.69 bits per heavy atom. The highest BCUT2D eigenvalue weighted by atomic mass is 35.5. The molecule has 1 N–H and O–H groups in total. The Morgan fingerprint density at radius 3 is 2.27 bits per heavy atom. The highest BCUT2D eigenvalue weighted by Crippen LogP contribution is 2.45. The first-order valence-corrected chi connectivity index (χ1v) is 8.64. The van der Waals surface area contributed by atoms with Gasteiger partial charge in [0.2, 0.25) is 0 Å². The highest BCUT2D eigenvalue weighted by molar-refractivity contribution is 6.30. The molecule has 1 saturated heterocycles. The smallest absolute Gasteiger partial charge is 0.330 e. The molecule has 1 heterocycles. The van der Waals surface area contributed by atoms with Crippen LogP contribution in [0.2, 0.25) is 5.02 Å². The van der Waals surface area contributed by atoms with E-state index in [0.29, 0.717) is 5.02 Å². The summed E-state index contributed by atoms with van der Waals surface area (Å²) in [6.07, 6.45) is 0.240. The molecule has 0 radical (unpaired) electrons. The summed E-state index contributed by atoms with van der Waals surface area (Å²) >= 11 is 5.98. The van der Waals surface area contributed by atoms with Gasteiger partial charge in [0.1, 0.15) is 5.54 Å². The minimum atomic E-state index is -1.13. The molecular weight excluding hydrogens is 354 g/mol. The Morgan fingerprint density at radius 1 is 1.04 bits per heavy atom. The third-order valence-corrected chi connectivity index (χ3v) is 5.12. The molecule has 1 aliphatic heterocycles. The van der Waals surface area contributed by atoms with Gasteiger partial charge in [-0.15, -0.1) is 0 Å². The molecule has 1 fully saturated rings. The van der Waals surface area contributed by atoms with Crippen LogP contribution in [0.3, 0.4) is 0 Å². The number of hydrogen-bond donors (Lipinski definition) is 1. The highest BCUT2D eigenvalue weighted by Gasteiger charge is 2.54. The van der Waals surface area contributed by atoms with E-state index in [1.807, 2.05) is 42.5 Å². The fourth-order valence-electron chi connectivity index (χ4n) is 3.59. The molecule has 2 aromatic rings. The van der Waals surface area contributed by atoms with Crippen molar-refractivity contribution in [2.24, 2.45) is 5.92 Å². The van der Waals surface area contributed by atoms with Crippen molar-refractivity contribution in [1.29, 1.82) is 0 Å². The number of carbonyl (C=O) groups is 2. The van der Waals surface area contributed by atoms with E-state index in [1.54, 1.807) is 12.1 Å². The van der Waals surface area contributed by atoms with Crippen molar-refractivity contribution in [1.82, 2.24) is 5.32 Å². The Hall–Kier alpha value is -2.37. The standard InChI is InChI=1S/C20H20ClNO4/c1-25-18(23)16-12-20(19(24)26-2,14-6-4-3-5-7-14)22-17(16)13-8-10-15(21)11-9-13/h3-11,16-17,22H,12H2,1-2H3/t16-,17-,20+/m0/s1. The Kier molecular flexibility index (Phi) is 5.30. The van der Waals surface area contributed by atoms with Gasteiger partial charge in [0.25, 0.3) is 0 Å². The minimum Gasteiger partial charge on any atom is -0.469 e. The van der Waals surface area contributed by atoms with E-state index in [4.69, 9.17) is 21.1 Å². The van der Waals surface area contributed by atoms with E-state index in [9.17, 15) is 9.59 Å². The topological polar surface area (TPSA) is 64.6 Å². The summed E-state index contributed by atoms with van der Waals surface area (Å²) in [6, 6.07) is 16.1. The van der Waals surface area contributed by atoms with E-state index in [2.05, 4.69) is 5.32 Å². The van der Waals surface area contributed by atoms with Gasteiger partial charge in [0.05, 0.1) is 20.1 Å². The maximum Gasteiger partial charge on any atom is 0.330 e. The van der Waals surface area contributed by atoms with Gasteiger partial charge < -0.3 is 9.47 Å². The Labute approximate surface area is 157 Å². The molecule has 3 atom stereocenters. The largest absolute Gasteiger partial charge is 0.469 e. The number of ether oxygens (including phenoxy) is 2. The van der Waals surface area contributed by atoms with Crippen molar-refractivity contribution in [2.45, 2.75) is 18.0 Å². The maximum atomic E-state index is 12.8. The zero-order chi connectivity index (χ0) is 18.7. The first-order chi connectivity index (χ1) is 12.5. The van der Waals surface area contributed by atoms with Gasteiger partial charge in [-0.05, 0) is 29.7 Å². The summed E-state index contributed by atoms with van der Waals surface area (Å²) in [5.41, 5.74) is 0.475. The second-order valence-corrected chi connectivity index (χ2v) is 6.71. The molecule has 2 aromatic carbocycles. The molecule has 0 aliphatic carbocycles. The van der Waals surface area contributed by atoms with Gasteiger partial charge in [-0.3, -0.25) is 10.1 Å². The number of methoxy groups -OCH3 is 2.